The van der Waals surface area contributed by atoms with Gasteiger partial charge >= 0.3 is 0 Å². The van der Waals surface area contributed by atoms with E-state index in [2.05, 4.69) is 21.2 Å². The summed E-state index contributed by atoms with van der Waals surface area (Å²) >= 11 is 3.34. The molecule has 0 saturated carbocycles. The molecule has 0 amide bonds. The highest BCUT2D eigenvalue weighted by Gasteiger charge is 2.00. The van der Waals surface area contributed by atoms with Crippen LogP contribution in [-0.4, -0.2) is 23.4 Å². The first kappa shape index (κ1) is 11.5. The maximum atomic E-state index is 9.48. The highest BCUT2D eigenvalue weighted by molar-refractivity contribution is 9.10. The Kier molecular flexibility index (Phi) is 4.93. The molecule has 1 aromatic rings. The second-order valence-electron chi connectivity index (χ2n) is 3.03. The predicted molar refractivity (Wildman–Crippen MR) is 59.2 cm³/mol. The number of rotatable bonds is 5. The molecule has 0 heterocycles. The summed E-state index contributed by atoms with van der Waals surface area (Å²) in [5, 5.41) is 21.2. The molecule has 0 aliphatic rings. The number of phenols is 1. The van der Waals surface area contributed by atoms with Crippen molar-refractivity contribution in [2.75, 3.05) is 13.2 Å². The van der Waals surface area contributed by atoms with Crippen molar-refractivity contribution in [1.82, 2.24) is 5.32 Å². The van der Waals surface area contributed by atoms with Crippen molar-refractivity contribution < 1.29 is 10.2 Å². The molecule has 0 bridgehead atoms. The van der Waals surface area contributed by atoms with Crippen LogP contribution < -0.4 is 5.32 Å². The molecule has 0 atom stereocenters. The molecule has 3 N–H and O–H groups in total. The number of hydrogen-bond acceptors (Lipinski definition) is 3. The van der Waals surface area contributed by atoms with Gasteiger partial charge in [0, 0.05) is 23.2 Å². The van der Waals surface area contributed by atoms with Crippen molar-refractivity contribution >= 4 is 15.9 Å². The zero-order chi connectivity index (χ0) is 10.4. The molecular formula is C10H14BrNO2. The van der Waals surface area contributed by atoms with E-state index in [9.17, 15) is 5.11 Å². The average molecular weight is 260 g/mol. The number of nitrogens with one attached hydrogen (secondary N) is 1. The van der Waals surface area contributed by atoms with Crippen molar-refractivity contribution in [2.45, 2.75) is 13.0 Å². The molecule has 0 radical (unpaired) electrons. The SMILES string of the molecule is OCCCNCc1cc(Br)ccc1O. The summed E-state index contributed by atoms with van der Waals surface area (Å²) in [4.78, 5) is 0. The third-order valence-electron chi connectivity index (χ3n) is 1.87. The van der Waals surface area contributed by atoms with Gasteiger partial charge in [-0.1, -0.05) is 15.9 Å². The molecule has 0 spiro atoms. The molecule has 1 aromatic carbocycles. The Morgan fingerprint density at radius 1 is 1.36 bits per heavy atom. The van der Waals surface area contributed by atoms with Gasteiger partial charge in [-0.2, -0.15) is 0 Å². The van der Waals surface area contributed by atoms with E-state index in [1.54, 1.807) is 12.1 Å². The Morgan fingerprint density at radius 2 is 2.14 bits per heavy atom. The lowest BCUT2D eigenvalue weighted by Crippen LogP contribution is -2.15. The lowest BCUT2D eigenvalue weighted by Gasteiger charge is -2.06. The lowest BCUT2D eigenvalue weighted by molar-refractivity contribution is 0.286. The zero-order valence-corrected chi connectivity index (χ0v) is 9.42. The molecule has 78 valence electrons. The maximum Gasteiger partial charge on any atom is 0.120 e. The van der Waals surface area contributed by atoms with Gasteiger partial charge in [-0.15, -0.1) is 0 Å². The van der Waals surface area contributed by atoms with E-state index in [-0.39, 0.29) is 6.61 Å². The van der Waals surface area contributed by atoms with Crippen LogP contribution in [0.25, 0.3) is 0 Å². The van der Waals surface area contributed by atoms with Crippen LogP contribution in [0.15, 0.2) is 22.7 Å². The molecular weight excluding hydrogens is 246 g/mol. The summed E-state index contributed by atoms with van der Waals surface area (Å²) in [6, 6.07) is 5.33. The molecule has 1 rings (SSSR count). The Hall–Kier alpha value is -0.580. The first-order valence-corrected chi connectivity index (χ1v) is 5.32. The summed E-state index contributed by atoms with van der Waals surface area (Å²) in [5.74, 6) is 0.296. The third kappa shape index (κ3) is 3.65. The predicted octanol–water partition coefficient (Wildman–Crippen LogP) is 1.63. The highest BCUT2D eigenvalue weighted by Crippen LogP contribution is 2.21. The fourth-order valence-corrected chi connectivity index (χ4v) is 1.53. The van der Waals surface area contributed by atoms with Crippen molar-refractivity contribution in [3.63, 3.8) is 0 Å². The molecule has 14 heavy (non-hydrogen) atoms. The number of aliphatic hydroxyl groups excluding tert-OH is 1. The molecule has 0 aliphatic heterocycles. The van der Waals surface area contributed by atoms with Gasteiger partial charge in [-0.25, -0.2) is 0 Å². The van der Waals surface area contributed by atoms with E-state index >= 15 is 0 Å². The van der Waals surface area contributed by atoms with Crippen molar-refractivity contribution in [3.05, 3.63) is 28.2 Å². The van der Waals surface area contributed by atoms with Crippen LogP contribution in [0.3, 0.4) is 0 Å². The quantitative estimate of drug-likeness (QED) is 0.705. The van der Waals surface area contributed by atoms with E-state index in [1.165, 1.54) is 0 Å². The van der Waals surface area contributed by atoms with Crippen molar-refractivity contribution in [2.24, 2.45) is 0 Å². The van der Waals surface area contributed by atoms with E-state index in [0.717, 1.165) is 23.0 Å². The van der Waals surface area contributed by atoms with Gasteiger partial charge in [0.2, 0.25) is 0 Å². The summed E-state index contributed by atoms with van der Waals surface area (Å²) in [5.41, 5.74) is 0.859. The topological polar surface area (TPSA) is 52.5 Å². The molecule has 4 heteroatoms. The number of halogens is 1. The standard InChI is InChI=1S/C10H14BrNO2/c11-9-2-3-10(14)8(6-9)7-12-4-1-5-13/h2-3,6,12-14H,1,4-5,7H2. The number of benzene rings is 1. The summed E-state index contributed by atoms with van der Waals surface area (Å²) in [7, 11) is 0. The maximum absolute atomic E-state index is 9.48. The first-order valence-electron chi connectivity index (χ1n) is 4.53. The second kappa shape index (κ2) is 6.01. The molecule has 0 unspecified atom stereocenters. The van der Waals surface area contributed by atoms with Crippen LogP contribution in [-0.2, 0) is 6.54 Å². The Bertz CT molecular complexity index is 291. The van der Waals surface area contributed by atoms with Crippen LogP contribution in [0.4, 0.5) is 0 Å². The normalized spacial score (nSPS) is 10.4. The number of phenolic OH excluding ortho intramolecular Hbond substituents is 1. The molecule has 0 saturated heterocycles. The summed E-state index contributed by atoms with van der Waals surface area (Å²) in [6.07, 6.45) is 0.731. The third-order valence-corrected chi connectivity index (χ3v) is 2.36. The average Bonchev–Trinajstić information content (AvgIpc) is 2.18. The molecule has 0 aliphatic carbocycles. The van der Waals surface area contributed by atoms with Gasteiger partial charge in [0.05, 0.1) is 0 Å². The van der Waals surface area contributed by atoms with Gasteiger partial charge in [-0.05, 0) is 31.2 Å². The first-order chi connectivity index (χ1) is 6.74. The van der Waals surface area contributed by atoms with Gasteiger partial charge in [0.15, 0.2) is 0 Å². The highest BCUT2D eigenvalue weighted by atomic mass is 79.9. The van der Waals surface area contributed by atoms with E-state index in [4.69, 9.17) is 5.11 Å². The fourth-order valence-electron chi connectivity index (χ4n) is 1.12. The van der Waals surface area contributed by atoms with Crippen LogP contribution in [0, 0.1) is 0 Å². The second-order valence-corrected chi connectivity index (χ2v) is 3.94. The van der Waals surface area contributed by atoms with Gasteiger partial charge < -0.3 is 15.5 Å². The van der Waals surface area contributed by atoms with Crippen LogP contribution in [0.5, 0.6) is 5.75 Å². The Morgan fingerprint density at radius 3 is 2.86 bits per heavy atom. The molecule has 0 aromatic heterocycles. The molecule has 0 fully saturated rings. The fraction of sp³-hybridized carbons (Fsp3) is 0.400. The monoisotopic (exact) mass is 259 g/mol. The van der Waals surface area contributed by atoms with Crippen molar-refractivity contribution in [3.8, 4) is 5.75 Å². The van der Waals surface area contributed by atoms with Crippen molar-refractivity contribution in [1.29, 1.82) is 0 Å². The zero-order valence-electron chi connectivity index (χ0n) is 7.83. The van der Waals surface area contributed by atoms with Gasteiger partial charge in [0.25, 0.3) is 0 Å². The van der Waals surface area contributed by atoms with E-state index in [0.29, 0.717) is 12.3 Å². The van der Waals surface area contributed by atoms with Crippen LogP contribution >= 0.6 is 15.9 Å². The summed E-state index contributed by atoms with van der Waals surface area (Å²) in [6.45, 7) is 1.56. The number of aromatic hydroxyl groups is 1. The number of hydrogen-bond donors (Lipinski definition) is 3. The minimum Gasteiger partial charge on any atom is -0.508 e. The lowest BCUT2D eigenvalue weighted by atomic mass is 10.2. The van der Waals surface area contributed by atoms with Crippen LogP contribution in [0.1, 0.15) is 12.0 Å². The largest absolute Gasteiger partial charge is 0.508 e. The smallest absolute Gasteiger partial charge is 0.120 e. The van der Waals surface area contributed by atoms with Gasteiger partial charge in [-0.3, -0.25) is 0 Å². The molecule has 3 nitrogen and oxygen atoms in total. The number of aliphatic hydroxyl groups is 1. The van der Waals surface area contributed by atoms with E-state index in [1.807, 2.05) is 6.07 Å². The van der Waals surface area contributed by atoms with E-state index < -0.39 is 0 Å². The minimum atomic E-state index is 0.192. The van der Waals surface area contributed by atoms with Gasteiger partial charge in [0.1, 0.15) is 5.75 Å². The minimum absolute atomic E-state index is 0.192. The Labute approximate surface area is 91.9 Å². The Balaban J connectivity index is 2.45. The van der Waals surface area contributed by atoms with Crippen LogP contribution in [0.2, 0.25) is 0 Å². The summed E-state index contributed by atoms with van der Waals surface area (Å²) < 4.78 is 0.953.